The van der Waals surface area contributed by atoms with Crippen molar-refractivity contribution in [3.05, 3.63) is 87.3 Å². The van der Waals surface area contributed by atoms with Crippen LogP contribution < -0.4 is 26.2 Å². The molecule has 0 aliphatic heterocycles. The van der Waals surface area contributed by atoms with Gasteiger partial charge in [-0.05, 0) is 87.1 Å². The summed E-state index contributed by atoms with van der Waals surface area (Å²) in [7, 11) is 0. The summed E-state index contributed by atoms with van der Waals surface area (Å²) in [6, 6.07) is 17.9. The van der Waals surface area contributed by atoms with Gasteiger partial charge in [0.25, 0.3) is 0 Å². The Morgan fingerprint density at radius 1 is 1.14 bits per heavy atom. The number of nitrogens with two attached hydrogens (primary N) is 1. The number of aromatic amines is 1. The van der Waals surface area contributed by atoms with Crippen LogP contribution in [0.3, 0.4) is 0 Å². The number of primary amides is 1. The van der Waals surface area contributed by atoms with E-state index in [1.54, 1.807) is 16.7 Å². The molecule has 0 saturated heterocycles. The number of nitrogens with one attached hydrogen (secondary N) is 2. The van der Waals surface area contributed by atoms with E-state index in [1.807, 2.05) is 42.5 Å². The molecule has 3 aromatic carbocycles. The van der Waals surface area contributed by atoms with Crippen molar-refractivity contribution in [2.24, 2.45) is 11.7 Å². The van der Waals surface area contributed by atoms with Gasteiger partial charge in [-0.2, -0.15) is 0 Å². The summed E-state index contributed by atoms with van der Waals surface area (Å²) < 4.78 is 13.7. The molecule has 43 heavy (non-hydrogen) atoms. The summed E-state index contributed by atoms with van der Waals surface area (Å²) in [5.41, 5.74) is 7.79. The van der Waals surface area contributed by atoms with Crippen molar-refractivity contribution in [2.45, 2.75) is 64.1 Å². The van der Waals surface area contributed by atoms with Crippen molar-refractivity contribution >= 4 is 28.5 Å². The van der Waals surface area contributed by atoms with Crippen LogP contribution in [0.15, 0.2) is 65.5 Å². The van der Waals surface area contributed by atoms with Crippen molar-refractivity contribution in [3.63, 3.8) is 0 Å². The zero-order chi connectivity index (χ0) is 30.6. The number of ether oxygens (including phenoxy) is 2. The summed E-state index contributed by atoms with van der Waals surface area (Å²) in [6.07, 6.45) is 4.68. The van der Waals surface area contributed by atoms with Gasteiger partial charge in [-0.15, -0.1) is 0 Å². The van der Waals surface area contributed by atoms with Gasteiger partial charge in [0.1, 0.15) is 35.5 Å². The number of amides is 1. The van der Waals surface area contributed by atoms with Gasteiger partial charge in [-0.25, -0.2) is 4.79 Å². The Hall–Kier alpha value is -3.79. The molecule has 1 atom stereocenters. The molecular formula is C33H39ClN4O5. The van der Waals surface area contributed by atoms with E-state index in [9.17, 15) is 14.7 Å². The lowest BCUT2D eigenvalue weighted by Gasteiger charge is -2.28. The number of hydrogen-bond donors (Lipinski definition) is 4. The number of rotatable bonds is 13. The second-order valence-corrected chi connectivity index (χ2v) is 12.4. The molecule has 1 aliphatic carbocycles. The number of carbonyl (C=O) groups is 1. The highest BCUT2D eigenvalue weighted by molar-refractivity contribution is 6.32. The monoisotopic (exact) mass is 606 g/mol. The van der Waals surface area contributed by atoms with Gasteiger partial charge in [-0.1, -0.05) is 42.6 Å². The van der Waals surface area contributed by atoms with E-state index in [4.69, 9.17) is 26.8 Å². The lowest BCUT2D eigenvalue weighted by Crippen LogP contribution is -2.46. The van der Waals surface area contributed by atoms with Crippen LogP contribution in [0, 0.1) is 5.92 Å². The topological polar surface area (TPSA) is 132 Å². The lowest BCUT2D eigenvalue weighted by atomic mass is 9.94. The molecule has 1 aliphatic rings. The van der Waals surface area contributed by atoms with Gasteiger partial charge < -0.3 is 30.6 Å². The molecule has 4 aromatic rings. The Bertz CT molecular complexity index is 1620. The Morgan fingerprint density at radius 2 is 1.88 bits per heavy atom. The molecule has 1 heterocycles. The van der Waals surface area contributed by atoms with E-state index in [0.717, 1.165) is 29.4 Å². The maximum absolute atomic E-state index is 12.7. The molecule has 9 nitrogen and oxygen atoms in total. The number of fused-ring (bicyclic) bond motifs is 1. The van der Waals surface area contributed by atoms with Crippen molar-refractivity contribution < 1.29 is 19.4 Å². The summed E-state index contributed by atoms with van der Waals surface area (Å²) in [6.45, 7) is 5.27. The number of carbonyl (C=O) groups excluding carboxylic acids is 1. The first-order chi connectivity index (χ1) is 20.6. The number of hydrogen-bond acceptors (Lipinski definition) is 6. The van der Waals surface area contributed by atoms with Crippen LogP contribution in [0.1, 0.15) is 55.5 Å². The molecule has 5 N–H and O–H groups in total. The fourth-order valence-electron chi connectivity index (χ4n) is 5.68. The molecule has 228 valence electrons. The Balaban J connectivity index is 1.13. The van der Waals surface area contributed by atoms with E-state index in [0.29, 0.717) is 53.3 Å². The molecule has 0 spiro atoms. The third-order valence-corrected chi connectivity index (χ3v) is 8.23. The van der Waals surface area contributed by atoms with Crippen molar-refractivity contribution in [3.8, 4) is 17.2 Å². The first-order valence-corrected chi connectivity index (χ1v) is 15.1. The number of β-amino-alcohol motifs (C(OH)–C–C–N with tert-alkyl or cyclic N) is 1. The molecule has 1 aromatic heterocycles. The van der Waals surface area contributed by atoms with Crippen LogP contribution in [0.2, 0.25) is 5.02 Å². The highest BCUT2D eigenvalue weighted by Gasteiger charge is 2.22. The highest BCUT2D eigenvalue weighted by Crippen LogP contribution is 2.31. The summed E-state index contributed by atoms with van der Waals surface area (Å²) in [5, 5.41) is 14.5. The van der Waals surface area contributed by atoms with E-state index >= 15 is 0 Å². The largest absolute Gasteiger partial charge is 0.489 e. The van der Waals surface area contributed by atoms with Gasteiger partial charge in [0.2, 0.25) is 5.91 Å². The summed E-state index contributed by atoms with van der Waals surface area (Å²) >= 11 is 6.24. The number of nitrogens with zero attached hydrogens (tertiary/aromatic N) is 1. The third kappa shape index (κ3) is 7.79. The Morgan fingerprint density at radius 3 is 2.58 bits per heavy atom. The molecule has 5 rings (SSSR count). The van der Waals surface area contributed by atoms with Crippen LogP contribution in [-0.2, 0) is 13.0 Å². The predicted molar refractivity (Wildman–Crippen MR) is 168 cm³/mol. The highest BCUT2D eigenvalue weighted by atomic mass is 35.5. The van der Waals surface area contributed by atoms with Crippen molar-refractivity contribution in [1.82, 2.24) is 14.9 Å². The molecule has 0 unspecified atom stereocenters. The standard InChI is InChI=1S/C33H39ClN4O5/c1-33(2,17-21-10-13-25(14-11-21)43-28-15-12-23(31(35)40)16-26(28)34)36-18-24(39)20-42-29-9-5-8-27-30(29)38(32(41)37-27)19-22-6-3-4-7-22/h5,8-16,22,24,36,39H,3-4,6-7,17-20H2,1-2H3,(H2,35,40)(H,37,41)/t24-/m0/s1. The average Bonchev–Trinajstić information content (AvgIpc) is 3.60. The molecule has 1 amide bonds. The van der Waals surface area contributed by atoms with Gasteiger partial charge in [0.05, 0.1) is 10.5 Å². The normalized spacial score (nSPS) is 14.7. The van der Waals surface area contributed by atoms with Gasteiger partial charge in [0, 0.05) is 24.2 Å². The minimum absolute atomic E-state index is 0.0972. The molecule has 10 heteroatoms. The second kappa shape index (κ2) is 13.2. The smallest absolute Gasteiger partial charge is 0.326 e. The van der Waals surface area contributed by atoms with Crippen molar-refractivity contribution in [2.75, 3.05) is 13.2 Å². The number of aromatic nitrogens is 2. The zero-order valence-corrected chi connectivity index (χ0v) is 25.3. The SMILES string of the molecule is CC(C)(Cc1ccc(Oc2ccc(C(N)=O)cc2Cl)cc1)NC[C@H](O)COc1cccc2[nH]c(=O)n(CC3CCCC3)c12. The molecule has 0 bridgehead atoms. The van der Waals surface area contributed by atoms with Gasteiger partial charge >= 0.3 is 5.69 Å². The first kappa shape index (κ1) is 30.7. The zero-order valence-electron chi connectivity index (χ0n) is 24.6. The minimum Gasteiger partial charge on any atom is -0.489 e. The number of benzene rings is 3. The van der Waals surface area contributed by atoms with Gasteiger partial charge in [0.15, 0.2) is 0 Å². The number of aliphatic hydroxyl groups is 1. The van der Waals surface area contributed by atoms with Crippen LogP contribution >= 0.6 is 11.6 Å². The molecule has 1 saturated carbocycles. The number of H-pyrrole nitrogens is 1. The van der Waals surface area contributed by atoms with E-state index in [1.165, 1.54) is 18.9 Å². The lowest BCUT2D eigenvalue weighted by molar-refractivity contribution is 0.0993. The number of para-hydroxylation sites is 1. The molecule has 1 fully saturated rings. The number of imidazole rings is 1. The summed E-state index contributed by atoms with van der Waals surface area (Å²) in [5.74, 6) is 1.60. The van der Waals surface area contributed by atoms with Crippen molar-refractivity contribution in [1.29, 1.82) is 0 Å². The predicted octanol–water partition coefficient (Wildman–Crippen LogP) is 5.42. The van der Waals surface area contributed by atoms with Crippen LogP contribution in [0.4, 0.5) is 0 Å². The maximum Gasteiger partial charge on any atom is 0.326 e. The Labute approximate surface area is 256 Å². The fourth-order valence-corrected chi connectivity index (χ4v) is 5.90. The molecular weight excluding hydrogens is 568 g/mol. The average molecular weight is 607 g/mol. The van der Waals surface area contributed by atoms with Gasteiger partial charge in [-0.3, -0.25) is 9.36 Å². The van der Waals surface area contributed by atoms with E-state index in [-0.39, 0.29) is 17.8 Å². The van der Waals surface area contributed by atoms with Crippen LogP contribution in [0.5, 0.6) is 17.2 Å². The minimum atomic E-state index is -0.745. The molecule has 0 radical (unpaired) electrons. The van der Waals surface area contributed by atoms with Crippen LogP contribution in [-0.4, -0.2) is 45.4 Å². The fraction of sp³-hybridized carbons (Fsp3) is 0.394. The number of aliphatic hydroxyl groups excluding tert-OH is 1. The second-order valence-electron chi connectivity index (χ2n) is 12.0. The van der Waals surface area contributed by atoms with E-state index < -0.39 is 12.0 Å². The summed E-state index contributed by atoms with van der Waals surface area (Å²) in [4.78, 5) is 27.0. The van der Waals surface area contributed by atoms with Crippen LogP contribution in [0.25, 0.3) is 11.0 Å². The van der Waals surface area contributed by atoms with E-state index in [2.05, 4.69) is 24.1 Å². The maximum atomic E-state index is 12.7. The number of halogens is 1. The quantitative estimate of drug-likeness (QED) is 0.161. The first-order valence-electron chi connectivity index (χ1n) is 14.7. The third-order valence-electron chi connectivity index (χ3n) is 7.93. The Kier molecular flexibility index (Phi) is 9.44.